The van der Waals surface area contributed by atoms with E-state index in [2.05, 4.69) is 0 Å². The number of rotatable bonds is 10. The smallest absolute Gasteiger partial charge is 0.312 e. The lowest BCUT2D eigenvalue weighted by Crippen LogP contribution is -2.33. The molecule has 1 amide bonds. The van der Waals surface area contributed by atoms with E-state index >= 15 is 0 Å². The first-order valence-electron chi connectivity index (χ1n) is 8.59. The molecule has 0 unspecified atom stereocenters. The van der Waals surface area contributed by atoms with Crippen molar-refractivity contribution in [2.75, 3.05) is 19.7 Å². The van der Waals surface area contributed by atoms with Crippen molar-refractivity contribution in [2.24, 2.45) is 5.73 Å². The summed E-state index contributed by atoms with van der Waals surface area (Å²) in [6.07, 6.45) is 0.805. The highest BCUT2D eigenvalue weighted by molar-refractivity contribution is 6.30. The first-order chi connectivity index (χ1) is 13.0. The quantitative estimate of drug-likeness (QED) is 0.494. The Morgan fingerprint density at radius 2 is 1.96 bits per heavy atom. The maximum atomic E-state index is 12.6. The Morgan fingerprint density at radius 3 is 2.63 bits per heavy atom. The highest BCUT2D eigenvalue weighted by Crippen LogP contribution is 2.29. The van der Waals surface area contributed by atoms with Crippen LogP contribution in [-0.4, -0.2) is 35.4 Å². The third-order valence-electron chi connectivity index (χ3n) is 3.89. The van der Waals surface area contributed by atoms with Gasteiger partial charge in [0.05, 0.1) is 18.0 Å². The summed E-state index contributed by atoms with van der Waals surface area (Å²) in [5, 5.41) is 11.3. The van der Waals surface area contributed by atoms with Crippen LogP contribution in [0.2, 0.25) is 5.02 Å². The number of amides is 1. The summed E-state index contributed by atoms with van der Waals surface area (Å²) in [5.41, 5.74) is 6.37. The molecule has 2 aromatic rings. The van der Waals surface area contributed by atoms with Crippen molar-refractivity contribution < 1.29 is 14.5 Å². The molecule has 2 aromatic carbocycles. The molecular formula is C19H22ClN3O4. The van der Waals surface area contributed by atoms with Crippen molar-refractivity contribution in [3.05, 3.63) is 69.2 Å². The number of hydrogen-bond donors (Lipinski definition) is 1. The Balaban J connectivity index is 1.96. The molecule has 8 heteroatoms. The predicted molar refractivity (Wildman–Crippen MR) is 104 cm³/mol. The summed E-state index contributed by atoms with van der Waals surface area (Å²) in [4.78, 5) is 24.8. The zero-order valence-electron chi connectivity index (χ0n) is 14.8. The minimum Gasteiger partial charge on any atom is -0.486 e. The van der Waals surface area contributed by atoms with Crippen LogP contribution in [0.15, 0.2) is 48.5 Å². The van der Waals surface area contributed by atoms with E-state index in [-0.39, 0.29) is 35.4 Å². The lowest BCUT2D eigenvalue weighted by molar-refractivity contribution is -0.385. The van der Waals surface area contributed by atoms with E-state index in [0.717, 1.165) is 5.56 Å². The number of nitrogens with zero attached hydrogens (tertiary/aromatic N) is 2. The molecule has 7 nitrogen and oxygen atoms in total. The second-order valence-electron chi connectivity index (χ2n) is 5.91. The van der Waals surface area contributed by atoms with Crippen LogP contribution in [0.3, 0.4) is 0 Å². The van der Waals surface area contributed by atoms with Gasteiger partial charge in [0.2, 0.25) is 5.91 Å². The van der Waals surface area contributed by atoms with Gasteiger partial charge in [-0.2, -0.15) is 0 Å². The molecule has 0 spiro atoms. The summed E-state index contributed by atoms with van der Waals surface area (Å²) in [7, 11) is 0. The summed E-state index contributed by atoms with van der Waals surface area (Å²) >= 11 is 5.78. The Hall–Kier alpha value is -2.64. The third kappa shape index (κ3) is 6.54. The standard InChI is InChI=1S/C19H22ClN3O4/c20-16-7-8-18(17(13-16)23(25)26)27-12-9-19(24)22(11-4-10-21)14-15-5-2-1-3-6-15/h1-3,5-8,13H,4,9-12,14,21H2. The van der Waals surface area contributed by atoms with E-state index in [1.807, 2.05) is 30.3 Å². The van der Waals surface area contributed by atoms with Gasteiger partial charge in [-0.3, -0.25) is 14.9 Å². The maximum absolute atomic E-state index is 12.6. The van der Waals surface area contributed by atoms with Gasteiger partial charge in [-0.1, -0.05) is 41.9 Å². The number of halogens is 1. The number of hydrogen-bond acceptors (Lipinski definition) is 5. The predicted octanol–water partition coefficient (Wildman–Crippen LogP) is 3.39. The zero-order valence-corrected chi connectivity index (χ0v) is 15.6. The minimum atomic E-state index is -0.564. The van der Waals surface area contributed by atoms with Gasteiger partial charge < -0.3 is 15.4 Å². The Kier molecular flexibility index (Phi) is 8.03. The Bertz CT molecular complexity index is 771. The molecule has 0 saturated heterocycles. The van der Waals surface area contributed by atoms with Crippen LogP contribution < -0.4 is 10.5 Å². The molecule has 0 aliphatic rings. The number of nitrogens with two attached hydrogens (primary N) is 1. The molecule has 0 bridgehead atoms. The van der Waals surface area contributed by atoms with Crippen molar-refractivity contribution in [3.63, 3.8) is 0 Å². The first-order valence-corrected chi connectivity index (χ1v) is 8.97. The second kappa shape index (κ2) is 10.5. The molecule has 2 N–H and O–H groups in total. The molecule has 0 heterocycles. The Morgan fingerprint density at radius 1 is 1.22 bits per heavy atom. The highest BCUT2D eigenvalue weighted by Gasteiger charge is 2.18. The lowest BCUT2D eigenvalue weighted by Gasteiger charge is -2.23. The van der Waals surface area contributed by atoms with Crippen LogP contribution in [-0.2, 0) is 11.3 Å². The van der Waals surface area contributed by atoms with Crippen molar-refractivity contribution in [2.45, 2.75) is 19.4 Å². The normalized spacial score (nSPS) is 10.4. The fourth-order valence-corrected chi connectivity index (χ4v) is 2.71. The molecule has 27 heavy (non-hydrogen) atoms. The molecule has 0 radical (unpaired) electrons. The lowest BCUT2D eigenvalue weighted by atomic mass is 10.2. The third-order valence-corrected chi connectivity index (χ3v) is 4.13. The fraction of sp³-hybridized carbons (Fsp3) is 0.316. The molecule has 2 rings (SSSR count). The SMILES string of the molecule is NCCCN(Cc1ccccc1)C(=O)CCOc1ccc(Cl)cc1[N+](=O)[O-]. The molecule has 0 fully saturated rings. The van der Waals surface area contributed by atoms with Crippen molar-refractivity contribution in [1.29, 1.82) is 0 Å². The van der Waals surface area contributed by atoms with Crippen LogP contribution in [0, 0.1) is 10.1 Å². The van der Waals surface area contributed by atoms with E-state index in [0.29, 0.717) is 26.1 Å². The summed E-state index contributed by atoms with van der Waals surface area (Å²) in [5.74, 6) is -0.00214. The van der Waals surface area contributed by atoms with Crippen molar-refractivity contribution >= 4 is 23.2 Å². The van der Waals surface area contributed by atoms with Crippen LogP contribution in [0.1, 0.15) is 18.4 Å². The molecular weight excluding hydrogens is 370 g/mol. The molecule has 0 atom stereocenters. The largest absolute Gasteiger partial charge is 0.486 e. The average Bonchev–Trinajstić information content (AvgIpc) is 2.66. The first kappa shape index (κ1) is 20.7. The molecule has 0 aliphatic carbocycles. The van der Waals surface area contributed by atoms with Gasteiger partial charge in [-0.25, -0.2) is 0 Å². The summed E-state index contributed by atoms with van der Waals surface area (Å²) in [6.45, 7) is 1.56. The van der Waals surface area contributed by atoms with Crippen LogP contribution in [0.25, 0.3) is 0 Å². The van der Waals surface area contributed by atoms with Crippen LogP contribution in [0.4, 0.5) is 5.69 Å². The van der Waals surface area contributed by atoms with E-state index in [1.54, 1.807) is 4.90 Å². The Labute approximate surface area is 162 Å². The minimum absolute atomic E-state index is 0.0369. The highest BCUT2D eigenvalue weighted by atomic mass is 35.5. The van der Waals surface area contributed by atoms with Gasteiger partial charge in [-0.15, -0.1) is 0 Å². The zero-order chi connectivity index (χ0) is 19.6. The average molecular weight is 392 g/mol. The molecule has 144 valence electrons. The van der Waals surface area contributed by atoms with Gasteiger partial charge in [0, 0.05) is 24.2 Å². The number of carbonyl (C=O) groups excluding carboxylic acids is 1. The van der Waals surface area contributed by atoms with E-state index in [1.165, 1.54) is 18.2 Å². The summed E-state index contributed by atoms with van der Waals surface area (Å²) < 4.78 is 5.46. The van der Waals surface area contributed by atoms with Crippen LogP contribution >= 0.6 is 11.6 Å². The van der Waals surface area contributed by atoms with Crippen molar-refractivity contribution in [1.82, 2.24) is 4.90 Å². The molecule has 0 saturated carbocycles. The number of benzene rings is 2. The monoisotopic (exact) mass is 391 g/mol. The van der Waals surface area contributed by atoms with E-state index in [9.17, 15) is 14.9 Å². The molecule has 0 aliphatic heterocycles. The second-order valence-corrected chi connectivity index (χ2v) is 6.35. The number of nitro benzene ring substituents is 1. The van der Waals surface area contributed by atoms with Gasteiger partial charge in [0.25, 0.3) is 0 Å². The number of ether oxygens (including phenoxy) is 1. The van der Waals surface area contributed by atoms with Gasteiger partial charge in [-0.05, 0) is 30.7 Å². The summed E-state index contributed by atoms with van der Waals surface area (Å²) in [6, 6.07) is 13.8. The van der Waals surface area contributed by atoms with Gasteiger partial charge >= 0.3 is 5.69 Å². The van der Waals surface area contributed by atoms with E-state index in [4.69, 9.17) is 22.1 Å². The van der Waals surface area contributed by atoms with Crippen molar-refractivity contribution in [3.8, 4) is 5.75 Å². The number of nitro groups is 1. The fourth-order valence-electron chi connectivity index (χ4n) is 2.54. The van der Waals surface area contributed by atoms with E-state index < -0.39 is 4.92 Å². The van der Waals surface area contributed by atoms with Gasteiger partial charge in [0.1, 0.15) is 0 Å². The van der Waals surface area contributed by atoms with Crippen LogP contribution in [0.5, 0.6) is 5.75 Å². The van der Waals surface area contributed by atoms with Gasteiger partial charge in [0.15, 0.2) is 5.75 Å². The topological polar surface area (TPSA) is 98.7 Å². The number of carbonyl (C=O) groups is 1. The molecule has 0 aromatic heterocycles. The maximum Gasteiger partial charge on any atom is 0.312 e.